The molecule has 1 amide bonds. The molecule has 1 aromatic rings. The molecule has 1 rings (SSSR count). The number of nitrogens with two attached hydrogens (primary N) is 1. The molecule has 88 valence electrons. The number of carbonyl (C=O) groups excluding carboxylic acids is 1. The first-order valence-corrected chi connectivity index (χ1v) is 5.31. The quantitative estimate of drug-likeness (QED) is 0.743. The molecule has 4 N–H and O–H groups in total. The standard InChI is InChI=1S/C10H15ClN4O/c1-6(2)15-9(16)5-14-10-8(12)3-7(11)4-13-10/h3-4,6H,5,12H2,1-2H3,(H,13,14)(H,15,16). The smallest absolute Gasteiger partial charge is 0.239 e. The first kappa shape index (κ1) is 12.6. The molecule has 6 heteroatoms. The van der Waals surface area contributed by atoms with Gasteiger partial charge >= 0.3 is 0 Å². The van der Waals surface area contributed by atoms with Crippen LogP contribution in [-0.4, -0.2) is 23.5 Å². The predicted molar refractivity (Wildman–Crippen MR) is 65.4 cm³/mol. The van der Waals surface area contributed by atoms with E-state index in [1.807, 2.05) is 13.8 Å². The van der Waals surface area contributed by atoms with E-state index in [2.05, 4.69) is 15.6 Å². The molecule has 0 atom stereocenters. The number of amides is 1. The Balaban J connectivity index is 2.51. The van der Waals surface area contributed by atoms with Gasteiger partial charge in [-0.15, -0.1) is 0 Å². The summed E-state index contributed by atoms with van der Waals surface area (Å²) in [7, 11) is 0. The van der Waals surface area contributed by atoms with Crippen molar-refractivity contribution in [2.75, 3.05) is 17.6 Å². The number of anilines is 2. The van der Waals surface area contributed by atoms with Crippen molar-refractivity contribution in [2.45, 2.75) is 19.9 Å². The van der Waals surface area contributed by atoms with Crippen molar-refractivity contribution in [1.82, 2.24) is 10.3 Å². The fourth-order valence-electron chi connectivity index (χ4n) is 1.14. The first-order chi connectivity index (χ1) is 7.49. The van der Waals surface area contributed by atoms with Gasteiger partial charge in [-0.2, -0.15) is 0 Å². The van der Waals surface area contributed by atoms with Crippen LogP contribution in [0.2, 0.25) is 5.02 Å². The van der Waals surface area contributed by atoms with E-state index in [1.54, 1.807) is 6.07 Å². The second-order valence-electron chi connectivity index (χ2n) is 3.67. The number of hydrogen-bond acceptors (Lipinski definition) is 4. The van der Waals surface area contributed by atoms with Gasteiger partial charge in [0.2, 0.25) is 5.91 Å². The van der Waals surface area contributed by atoms with Crippen LogP contribution in [-0.2, 0) is 4.79 Å². The molecule has 0 aromatic carbocycles. The lowest BCUT2D eigenvalue weighted by Gasteiger charge is -2.10. The lowest BCUT2D eigenvalue weighted by Crippen LogP contribution is -2.35. The second kappa shape index (κ2) is 5.55. The van der Waals surface area contributed by atoms with Gasteiger partial charge in [-0.25, -0.2) is 4.98 Å². The largest absolute Gasteiger partial charge is 0.396 e. The summed E-state index contributed by atoms with van der Waals surface area (Å²) in [6.45, 7) is 3.93. The summed E-state index contributed by atoms with van der Waals surface area (Å²) in [4.78, 5) is 15.3. The Hall–Kier alpha value is -1.49. The minimum atomic E-state index is -0.105. The van der Waals surface area contributed by atoms with Gasteiger partial charge in [0.1, 0.15) is 5.82 Å². The number of nitrogens with zero attached hydrogens (tertiary/aromatic N) is 1. The molecule has 1 heterocycles. The summed E-state index contributed by atoms with van der Waals surface area (Å²) in [5, 5.41) is 6.05. The van der Waals surface area contributed by atoms with Crippen LogP contribution in [0.15, 0.2) is 12.3 Å². The van der Waals surface area contributed by atoms with Gasteiger partial charge in [0.15, 0.2) is 0 Å². The molecule has 0 bridgehead atoms. The summed E-state index contributed by atoms with van der Waals surface area (Å²) < 4.78 is 0. The van der Waals surface area contributed by atoms with E-state index in [9.17, 15) is 4.79 Å². The average Bonchev–Trinajstić information content (AvgIpc) is 2.15. The van der Waals surface area contributed by atoms with E-state index in [-0.39, 0.29) is 18.5 Å². The molecule has 0 spiro atoms. The molecule has 16 heavy (non-hydrogen) atoms. The van der Waals surface area contributed by atoms with E-state index < -0.39 is 0 Å². The number of rotatable bonds is 4. The van der Waals surface area contributed by atoms with Crippen molar-refractivity contribution < 1.29 is 4.79 Å². The monoisotopic (exact) mass is 242 g/mol. The fraction of sp³-hybridized carbons (Fsp3) is 0.400. The SMILES string of the molecule is CC(C)NC(=O)CNc1ncc(Cl)cc1N. The van der Waals surface area contributed by atoms with Gasteiger partial charge in [0.05, 0.1) is 17.3 Å². The zero-order valence-electron chi connectivity index (χ0n) is 9.25. The normalized spacial score (nSPS) is 10.2. The lowest BCUT2D eigenvalue weighted by molar-refractivity contribution is -0.119. The number of aromatic nitrogens is 1. The number of halogens is 1. The highest BCUT2D eigenvalue weighted by Crippen LogP contribution is 2.18. The highest BCUT2D eigenvalue weighted by molar-refractivity contribution is 6.30. The lowest BCUT2D eigenvalue weighted by atomic mass is 10.3. The Labute approximate surface area is 99.4 Å². The molecule has 0 aliphatic rings. The van der Waals surface area contributed by atoms with Gasteiger partial charge < -0.3 is 16.4 Å². The Morgan fingerprint density at radius 1 is 1.62 bits per heavy atom. The Morgan fingerprint density at radius 3 is 2.88 bits per heavy atom. The number of nitrogens with one attached hydrogen (secondary N) is 2. The second-order valence-corrected chi connectivity index (χ2v) is 4.10. The van der Waals surface area contributed by atoms with E-state index in [1.165, 1.54) is 6.20 Å². The molecular weight excluding hydrogens is 228 g/mol. The van der Waals surface area contributed by atoms with Crippen molar-refractivity contribution in [3.63, 3.8) is 0 Å². The molecule has 0 unspecified atom stereocenters. The third kappa shape index (κ3) is 3.94. The predicted octanol–water partition coefficient (Wildman–Crippen LogP) is 1.25. The van der Waals surface area contributed by atoms with E-state index in [0.717, 1.165) is 0 Å². The molecule has 0 aliphatic carbocycles. The van der Waals surface area contributed by atoms with Crippen LogP contribution < -0.4 is 16.4 Å². The van der Waals surface area contributed by atoms with Crippen LogP contribution >= 0.6 is 11.6 Å². The van der Waals surface area contributed by atoms with Crippen LogP contribution in [0.1, 0.15) is 13.8 Å². The molecule has 5 nitrogen and oxygen atoms in total. The summed E-state index contributed by atoms with van der Waals surface area (Å²) in [6, 6.07) is 1.70. The summed E-state index contributed by atoms with van der Waals surface area (Å²) >= 11 is 5.70. The summed E-state index contributed by atoms with van der Waals surface area (Å²) in [5.74, 6) is 0.356. The van der Waals surface area contributed by atoms with Crippen molar-refractivity contribution in [3.05, 3.63) is 17.3 Å². The first-order valence-electron chi connectivity index (χ1n) is 4.93. The molecule has 0 aliphatic heterocycles. The topological polar surface area (TPSA) is 80.0 Å². The van der Waals surface area contributed by atoms with Crippen molar-refractivity contribution in [3.8, 4) is 0 Å². The maximum Gasteiger partial charge on any atom is 0.239 e. The zero-order valence-corrected chi connectivity index (χ0v) is 10.0. The zero-order chi connectivity index (χ0) is 12.1. The van der Waals surface area contributed by atoms with E-state index >= 15 is 0 Å². The van der Waals surface area contributed by atoms with E-state index in [0.29, 0.717) is 16.5 Å². The summed E-state index contributed by atoms with van der Waals surface area (Å²) in [5.41, 5.74) is 6.09. The Bertz CT molecular complexity index is 381. The van der Waals surface area contributed by atoms with Crippen LogP contribution in [0.3, 0.4) is 0 Å². The Kier molecular flexibility index (Phi) is 4.37. The van der Waals surface area contributed by atoms with Crippen molar-refractivity contribution >= 4 is 29.0 Å². The third-order valence-electron chi connectivity index (χ3n) is 1.75. The van der Waals surface area contributed by atoms with E-state index in [4.69, 9.17) is 17.3 Å². The van der Waals surface area contributed by atoms with Crippen molar-refractivity contribution in [2.24, 2.45) is 0 Å². The molecule has 0 fully saturated rings. The van der Waals surface area contributed by atoms with Gasteiger partial charge in [-0.05, 0) is 19.9 Å². The maximum atomic E-state index is 11.3. The number of pyridine rings is 1. The highest BCUT2D eigenvalue weighted by atomic mass is 35.5. The third-order valence-corrected chi connectivity index (χ3v) is 1.96. The molecular formula is C10H15ClN4O. The molecule has 0 saturated heterocycles. The highest BCUT2D eigenvalue weighted by Gasteiger charge is 2.05. The van der Waals surface area contributed by atoms with Crippen molar-refractivity contribution in [1.29, 1.82) is 0 Å². The number of nitrogen functional groups attached to an aromatic ring is 1. The molecule has 1 aromatic heterocycles. The number of carbonyl (C=O) groups is 1. The van der Waals surface area contributed by atoms with Crippen LogP contribution in [0, 0.1) is 0 Å². The molecule has 0 saturated carbocycles. The van der Waals surface area contributed by atoms with Crippen LogP contribution in [0.4, 0.5) is 11.5 Å². The molecule has 0 radical (unpaired) electrons. The number of hydrogen-bond donors (Lipinski definition) is 3. The minimum Gasteiger partial charge on any atom is -0.396 e. The minimum absolute atomic E-state index is 0.105. The van der Waals surface area contributed by atoms with Gasteiger partial charge in [0, 0.05) is 12.2 Å². The summed E-state index contributed by atoms with van der Waals surface area (Å²) in [6.07, 6.45) is 1.47. The Morgan fingerprint density at radius 2 is 2.31 bits per heavy atom. The van der Waals surface area contributed by atoms with Gasteiger partial charge in [-0.3, -0.25) is 4.79 Å². The van der Waals surface area contributed by atoms with Gasteiger partial charge in [-0.1, -0.05) is 11.6 Å². The van der Waals surface area contributed by atoms with Gasteiger partial charge in [0.25, 0.3) is 0 Å². The van der Waals surface area contributed by atoms with Crippen LogP contribution in [0.5, 0.6) is 0 Å². The average molecular weight is 243 g/mol. The maximum absolute atomic E-state index is 11.3. The van der Waals surface area contributed by atoms with Crippen LogP contribution in [0.25, 0.3) is 0 Å². The fourth-order valence-corrected chi connectivity index (χ4v) is 1.31.